The zero-order chi connectivity index (χ0) is 15.7. The largest absolute Gasteiger partial charge is 0.375 e. The third kappa shape index (κ3) is 6.61. The maximum Gasteiger partial charge on any atom is 0.250 e. The minimum absolute atomic E-state index is 0.0177. The van der Waals surface area contributed by atoms with Crippen molar-refractivity contribution in [1.29, 1.82) is 0 Å². The molecule has 116 valence electrons. The third-order valence-electron chi connectivity index (χ3n) is 2.66. The van der Waals surface area contributed by atoms with Crippen molar-refractivity contribution in [2.24, 2.45) is 5.73 Å². The maximum absolute atomic E-state index is 11.9. The molecule has 0 saturated carbocycles. The summed E-state index contributed by atoms with van der Waals surface area (Å²) in [5.41, 5.74) is 6.98. The van der Waals surface area contributed by atoms with Crippen molar-refractivity contribution in [3.63, 3.8) is 0 Å². The minimum Gasteiger partial charge on any atom is -0.375 e. The number of amides is 2. The van der Waals surface area contributed by atoms with Crippen LogP contribution in [0.4, 0.5) is 11.4 Å². The van der Waals surface area contributed by atoms with Crippen molar-refractivity contribution in [3.05, 3.63) is 24.3 Å². The van der Waals surface area contributed by atoms with Crippen molar-refractivity contribution in [2.45, 2.75) is 12.5 Å². The van der Waals surface area contributed by atoms with Crippen molar-refractivity contribution in [2.75, 3.05) is 36.4 Å². The van der Waals surface area contributed by atoms with Crippen molar-refractivity contribution < 1.29 is 14.3 Å². The lowest BCUT2D eigenvalue weighted by Crippen LogP contribution is -2.36. The monoisotopic (exact) mass is 311 g/mol. The fourth-order valence-electron chi connectivity index (χ4n) is 1.61. The normalized spacial score (nSPS) is 11.8. The molecular weight excluding hydrogens is 290 g/mol. The van der Waals surface area contributed by atoms with Gasteiger partial charge in [-0.05, 0) is 36.6 Å². The number of carbonyl (C=O) groups excluding carboxylic acids is 2. The van der Waals surface area contributed by atoms with E-state index in [0.717, 1.165) is 5.75 Å². The summed E-state index contributed by atoms with van der Waals surface area (Å²) in [7, 11) is 1.45. The van der Waals surface area contributed by atoms with Crippen LogP contribution in [0.25, 0.3) is 0 Å². The van der Waals surface area contributed by atoms with E-state index < -0.39 is 6.04 Å². The highest BCUT2D eigenvalue weighted by molar-refractivity contribution is 7.98. The van der Waals surface area contributed by atoms with E-state index >= 15 is 0 Å². The SMILES string of the molecule is COCC(=O)Nc1cccc(NC(=O)[C@H](N)CCSC)c1. The molecule has 0 aliphatic carbocycles. The van der Waals surface area contributed by atoms with Gasteiger partial charge in [0.1, 0.15) is 6.61 Å². The van der Waals surface area contributed by atoms with Gasteiger partial charge in [0.05, 0.1) is 6.04 Å². The van der Waals surface area contributed by atoms with Gasteiger partial charge in [0.2, 0.25) is 11.8 Å². The van der Waals surface area contributed by atoms with E-state index in [9.17, 15) is 9.59 Å². The van der Waals surface area contributed by atoms with Gasteiger partial charge in [0, 0.05) is 18.5 Å². The molecule has 1 aromatic carbocycles. The molecular formula is C14H21N3O3S. The molecule has 6 nitrogen and oxygen atoms in total. The lowest BCUT2D eigenvalue weighted by atomic mass is 10.2. The average Bonchev–Trinajstić information content (AvgIpc) is 2.45. The maximum atomic E-state index is 11.9. The zero-order valence-corrected chi connectivity index (χ0v) is 13.0. The molecule has 21 heavy (non-hydrogen) atoms. The predicted octanol–water partition coefficient (Wildman–Crippen LogP) is 1.29. The number of hydrogen-bond donors (Lipinski definition) is 3. The number of carbonyl (C=O) groups is 2. The fraction of sp³-hybridized carbons (Fsp3) is 0.429. The number of ether oxygens (including phenoxy) is 1. The highest BCUT2D eigenvalue weighted by Gasteiger charge is 2.13. The summed E-state index contributed by atoms with van der Waals surface area (Å²) in [4.78, 5) is 23.3. The zero-order valence-electron chi connectivity index (χ0n) is 12.2. The van der Waals surface area contributed by atoms with Crippen LogP contribution >= 0.6 is 11.8 Å². The van der Waals surface area contributed by atoms with E-state index in [1.807, 2.05) is 6.26 Å². The molecule has 0 spiro atoms. The highest BCUT2D eigenvalue weighted by atomic mass is 32.2. The van der Waals surface area contributed by atoms with Crippen LogP contribution in [-0.2, 0) is 14.3 Å². The molecule has 1 atom stereocenters. The standard InChI is InChI=1S/C14H21N3O3S/c1-20-9-13(18)16-10-4-3-5-11(8-10)17-14(19)12(15)6-7-21-2/h3-5,8,12H,6-7,9,15H2,1-2H3,(H,16,18)(H,17,19)/t12-/m1/s1. The Hall–Kier alpha value is -1.57. The first kappa shape index (κ1) is 17.5. The summed E-state index contributed by atoms with van der Waals surface area (Å²) >= 11 is 1.65. The van der Waals surface area contributed by atoms with Gasteiger partial charge in [-0.25, -0.2) is 0 Å². The molecule has 1 rings (SSSR count). The molecule has 2 amide bonds. The minimum atomic E-state index is -0.538. The summed E-state index contributed by atoms with van der Waals surface area (Å²) in [5.74, 6) is 0.351. The fourth-order valence-corrected chi connectivity index (χ4v) is 2.10. The second-order valence-electron chi connectivity index (χ2n) is 4.44. The molecule has 7 heteroatoms. The Kier molecular flexibility index (Phi) is 7.81. The van der Waals surface area contributed by atoms with E-state index in [1.165, 1.54) is 7.11 Å². The Bertz CT molecular complexity index is 482. The van der Waals surface area contributed by atoms with Crippen LogP contribution < -0.4 is 16.4 Å². The molecule has 0 bridgehead atoms. The van der Waals surface area contributed by atoms with Gasteiger partial charge < -0.3 is 21.1 Å². The van der Waals surface area contributed by atoms with Gasteiger partial charge in [-0.3, -0.25) is 9.59 Å². The topological polar surface area (TPSA) is 93.5 Å². The van der Waals surface area contributed by atoms with Crippen molar-refractivity contribution >= 4 is 35.0 Å². The number of rotatable bonds is 8. The van der Waals surface area contributed by atoms with E-state index in [1.54, 1.807) is 36.0 Å². The molecule has 0 fully saturated rings. The van der Waals surface area contributed by atoms with Crippen LogP contribution in [0.3, 0.4) is 0 Å². The van der Waals surface area contributed by atoms with Gasteiger partial charge in [0.25, 0.3) is 0 Å². The van der Waals surface area contributed by atoms with Gasteiger partial charge in [-0.2, -0.15) is 11.8 Å². The summed E-state index contributed by atoms with van der Waals surface area (Å²) < 4.78 is 4.74. The first-order chi connectivity index (χ1) is 10.1. The Labute approximate surface area is 128 Å². The lowest BCUT2D eigenvalue weighted by molar-refractivity contribution is -0.119. The Balaban J connectivity index is 2.59. The summed E-state index contributed by atoms with van der Waals surface area (Å²) in [6.07, 6.45) is 2.59. The van der Waals surface area contributed by atoms with Gasteiger partial charge in [0.15, 0.2) is 0 Å². The van der Waals surface area contributed by atoms with Crippen LogP contribution in [0, 0.1) is 0 Å². The third-order valence-corrected chi connectivity index (χ3v) is 3.30. The summed E-state index contributed by atoms with van der Waals surface area (Å²) in [6.45, 7) is -0.0177. The quantitative estimate of drug-likeness (QED) is 0.672. The van der Waals surface area contributed by atoms with Gasteiger partial charge in [-0.1, -0.05) is 6.07 Å². The number of anilines is 2. The predicted molar refractivity (Wildman–Crippen MR) is 86.6 cm³/mol. The van der Waals surface area contributed by atoms with Gasteiger partial charge in [-0.15, -0.1) is 0 Å². The van der Waals surface area contributed by atoms with E-state index in [0.29, 0.717) is 17.8 Å². The molecule has 0 aromatic heterocycles. The lowest BCUT2D eigenvalue weighted by Gasteiger charge is -2.12. The highest BCUT2D eigenvalue weighted by Crippen LogP contribution is 2.15. The molecule has 0 aliphatic rings. The Morgan fingerprint density at radius 2 is 2.00 bits per heavy atom. The smallest absolute Gasteiger partial charge is 0.250 e. The second kappa shape index (κ2) is 9.38. The number of nitrogens with two attached hydrogens (primary N) is 1. The van der Waals surface area contributed by atoms with Gasteiger partial charge >= 0.3 is 0 Å². The number of nitrogens with one attached hydrogen (secondary N) is 2. The van der Waals surface area contributed by atoms with Crippen LogP contribution in [0.5, 0.6) is 0 Å². The Morgan fingerprint density at radius 3 is 2.62 bits per heavy atom. The van der Waals surface area contributed by atoms with Crippen molar-refractivity contribution in [3.8, 4) is 0 Å². The van der Waals surface area contributed by atoms with E-state index in [-0.39, 0.29) is 18.4 Å². The first-order valence-corrected chi connectivity index (χ1v) is 7.90. The summed E-state index contributed by atoms with van der Waals surface area (Å²) in [5, 5.41) is 5.41. The first-order valence-electron chi connectivity index (χ1n) is 6.51. The van der Waals surface area contributed by atoms with Crippen LogP contribution in [0.15, 0.2) is 24.3 Å². The average molecular weight is 311 g/mol. The van der Waals surface area contributed by atoms with E-state index in [4.69, 9.17) is 10.5 Å². The molecule has 0 aliphatic heterocycles. The number of thioether (sulfide) groups is 1. The van der Waals surface area contributed by atoms with E-state index in [2.05, 4.69) is 10.6 Å². The molecule has 0 radical (unpaired) electrons. The molecule has 4 N–H and O–H groups in total. The number of hydrogen-bond acceptors (Lipinski definition) is 5. The molecule has 0 unspecified atom stereocenters. The molecule has 1 aromatic rings. The molecule has 0 heterocycles. The Morgan fingerprint density at radius 1 is 1.33 bits per heavy atom. The number of benzene rings is 1. The number of methoxy groups -OCH3 is 1. The van der Waals surface area contributed by atoms with Crippen LogP contribution in [-0.4, -0.2) is 43.6 Å². The molecule has 0 saturated heterocycles. The summed E-state index contributed by atoms with van der Waals surface area (Å²) in [6, 6.07) is 6.35. The second-order valence-corrected chi connectivity index (χ2v) is 5.42. The van der Waals surface area contributed by atoms with Crippen LogP contribution in [0.2, 0.25) is 0 Å². The van der Waals surface area contributed by atoms with Crippen LogP contribution in [0.1, 0.15) is 6.42 Å². The van der Waals surface area contributed by atoms with Crippen molar-refractivity contribution in [1.82, 2.24) is 0 Å².